The van der Waals surface area contributed by atoms with Gasteiger partial charge in [-0.2, -0.15) is 0 Å². The molecule has 0 aromatic carbocycles. The van der Waals surface area contributed by atoms with Gasteiger partial charge in [-0.25, -0.2) is 0 Å². The van der Waals surface area contributed by atoms with Gasteiger partial charge in [0.05, 0.1) is 0 Å². The van der Waals surface area contributed by atoms with Crippen LogP contribution in [0.5, 0.6) is 0 Å². The van der Waals surface area contributed by atoms with Crippen LogP contribution in [0, 0.1) is 5.41 Å². The normalized spacial score (nSPS) is 11.2. The summed E-state index contributed by atoms with van der Waals surface area (Å²) in [5.74, 6) is -0.177. The molecule has 0 saturated carbocycles. The van der Waals surface area contributed by atoms with E-state index >= 15 is 0 Å². The van der Waals surface area contributed by atoms with Crippen molar-refractivity contribution in [3.63, 3.8) is 0 Å². The average Bonchev–Trinajstić information content (AvgIpc) is 2.37. The van der Waals surface area contributed by atoms with Crippen molar-refractivity contribution < 1.29 is 4.79 Å². The molecule has 0 aliphatic carbocycles. The number of carbonyl (C=O) groups is 1. The molecule has 1 amide bonds. The van der Waals surface area contributed by atoms with Crippen LogP contribution in [0.4, 0.5) is 5.69 Å². The molecule has 0 unspecified atom stereocenters. The summed E-state index contributed by atoms with van der Waals surface area (Å²) < 4.78 is 0. The number of rotatable bonds is 5. The van der Waals surface area contributed by atoms with Crippen molar-refractivity contribution >= 4 is 11.6 Å². The number of hydrogen-bond acceptors (Lipinski definition) is 4. The third kappa shape index (κ3) is 3.70. The van der Waals surface area contributed by atoms with Crippen molar-refractivity contribution in [2.45, 2.75) is 13.8 Å². The Bertz CT molecular complexity index is 417. The first kappa shape index (κ1) is 14.4. The van der Waals surface area contributed by atoms with Crippen LogP contribution in [0.2, 0.25) is 0 Å². The summed E-state index contributed by atoms with van der Waals surface area (Å²) >= 11 is 0. The van der Waals surface area contributed by atoms with E-state index in [0.717, 1.165) is 12.2 Å². The third-order valence-electron chi connectivity index (χ3n) is 2.86. The summed E-state index contributed by atoms with van der Waals surface area (Å²) in [7, 11) is 3.58. The molecule has 5 nitrogen and oxygen atoms in total. The van der Waals surface area contributed by atoms with Crippen molar-refractivity contribution in [2.75, 3.05) is 32.1 Å². The van der Waals surface area contributed by atoms with Crippen LogP contribution in [0.3, 0.4) is 0 Å². The van der Waals surface area contributed by atoms with E-state index in [4.69, 9.17) is 5.73 Å². The molecule has 0 saturated heterocycles. The Morgan fingerprint density at radius 1 is 1.56 bits per heavy atom. The van der Waals surface area contributed by atoms with Crippen molar-refractivity contribution in [3.05, 3.63) is 24.0 Å². The van der Waals surface area contributed by atoms with Crippen LogP contribution in [0.15, 0.2) is 18.3 Å². The summed E-state index contributed by atoms with van der Waals surface area (Å²) in [6, 6.07) is 3.67. The highest BCUT2D eigenvalue weighted by Crippen LogP contribution is 2.20. The van der Waals surface area contributed by atoms with Gasteiger partial charge in [0.25, 0.3) is 5.91 Å². The number of pyridine rings is 1. The van der Waals surface area contributed by atoms with Crippen LogP contribution in [-0.4, -0.2) is 38.1 Å². The Morgan fingerprint density at radius 3 is 2.78 bits per heavy atom. The first-order valence-electron chi connectivity index (χ1n) is 5.99. The minimum absolute atomic E-state index is 0.0329. The van der Waals surface area contributed by atoms with Crippen molar-refractivity contribution in [2.24, 2.45) is 11.1 Å². The topological polar surface area (TPSA) is 71.2 Å². The highest BCUT2D eigenvalue weighted by atomic mass is 16.1. The molecule has 0 aliphatic heterocycles. The highest BCUT2D eigenvalue weighted by Gasteiger charge is 2.19. The number of nitrogens with one attached hydrogen (secondary N) is 1. The second-order valence-corrected chi connectivity index (χ2v) is 5.20. The molecular weight excluding hydrogens is 228 g/mol. The summed E-state index contributed by atoms with van der Waals surface area (Å²) in [6.45, 7) is 5.67. The van der Waals surface area contributed by atoms with E-state index in [9.17, 15) is 4.79 Å². The number of aromatic nitrogens is 1. The lowest BCUT2D eigenvalue weighted by Gasteiger charge is -2.30. The van der Waals surface area contributed by atoms with Gasteiger partial charge in [0.15, 0.2) is 0 Å². The number of hydrogen-bond donors (Lipinski definition) is 2. The van der Waals surface area contributed by atoms with Crippen LogP contribution >= 0.6 is 0 Å². The number of nitrogens with two attached hydrogens (primary N) is 1. The smallest absolute Gasteiger partial charge is 0.269 e. The van der Waals surface area contributed by atoms with Gasteiger partial charge in [-0.3, -0.25) is 9.78 Å². The summed E-state index contributed by atoms with van der Waals surface area (Å²) in [6.07, 6.45) is 1.64. The molecule has 0 aliphatic rings. The summed E-state index contributed by atoms with van der Waals surface area (Å²) in [5.41, 5.74) is 7.15. The standard InChI is InChI=1S/C13H22N4O/c1-13(2,8-14)9-17(4)10-5-6-16-11(7-10)12(18)15-3/h5-7H,8-9,14H2,1-4H3,(H,15,18). The SMILES string of the molecule is CNC(=O)c1cc(N(C)CC(C)(C)CN)ccn1. The molecule has 1 aromatic heterocycles. The molecular formula is C13H22N4O. The van der Waals surface area contributed by atoms with E-state index in [1.165, 1.54) is 0 Å². The van der Waals surface area contributed by atoms with Gasteiger partial charge in [-0.1, -0.05) is 13.8 Å². The fraction of sp³-hybridized carbons (Fsp3) is 0.538. The summed E-state index contributed by atoms with van der Waals surface area (Å²) in [4.78, 5) is 17.6. The Balaban J connectivity index is 2.86. The van der Waals surface area contributed by atoms with E-state index < -0.39 is 0 Å². The molecule has 1 aromatic rings. The monoisotopic (exact) mass is 250 g/mol. The maximum Gasteiger partial charge on any atom is 0.269 e. The Morgan fingerprint density at radius 2 is 2.22 bits per heavy atom. The highest BCUT2D eigenvalue weighted by molar-refractivity contribution is 5.92. The first-order valence-corrected chi connectivity index (χ1v) is 5.99. The Hall–Kier alpha value is -1.62. The molecule has 0 spiro atoms. The van der Waals surface area contributed by atoms with Gasteiger partial charge < -0.3 is 16.0 Å². The second-order valence-electron chi connectivity index (χ2n) is 5.20. The summed E-state index contributed by atoms with van der Waals surface area (Å²) in [5, 5.41) is 2.57. The zero-order chi connectivity index (χ0) is 13.8. The molecule has 0 fully saturated rings. The minimum Gasteiger partial charge on any atom is -0.374 e. The van der Waals surface area contributed by atoms with E-state index in [2.05, 4.69) is 29.0 Å². The third-order valence-corrected chi connectivity index (χ3v) is 2.86. The zero-order valence-corrected chi connectivity index (χ0v) is 11.5. The predicted molar refractivity (Wildman–Crippen MR) is 73.7 cm³/mol. The van der Waals surface area contributed by atoms with Gasteiger partial charge in [0.2, 0.25) is 0 Å². The second kappa shape index (κ2) is 5.82. The number of carbonyl (C=O) groups excluding carboxylic acids is 1. The van der Waals surface area contributed by atoms with Gasteiger partial charge in [0, 0.05) is 32.5 Å². The Kier molecular flexibility index (Phi) is 4.67. The minimum atomic E-state index is -0.177. The zero-order valence-electron chi connectivity index (χ0n) is 11.5. The molecule has 3 N–H and O–H groups in total. The largest absolute Gasteiger partial charge is 0.374 e. The maximum absolute atomic E-state index is 11.5. The predicted octanol–water partition coefficient (Wildman–Crippen LogP) is 0.862. The average molecular weight is 250 g/mol. The van der Waals surface area contributed by atoms with Crippen molar-refractivity contribution in [1.82, 2.24) is 10.3 Å². The van der Waals surface area contributed by atoms with Crippen LogP contribution in [0.1, 0.15) is 24.3 Å². The number of nitrogens with zero attached hydrogens (tertiary/aromatic N) is 2. The first-order chi connectivity index (χ1) is 8.39. The molecule has 0 bridgehead atoms. The maximum atomic E-state index is 11.5. The van der Waals surface area contributed by atoms with Crippen molar-refractivity contribution in [1.29, 1.82) is 0 Å². The fourth-order valence-electron chi connectivity index (χ4n) is 1.71. The van der Waals surface area contributed by atoms with Gasteiger partial charge in [-0.15, -0.1) is 0 Å². The van der Waals surface area contributed by atoms with Crippen molar-refractivity contribution in [3.8, 4) is 0 Å². The molecule has 0 atom stereocenters. The molecule has 0 radical (unpaired) electrons. The van der Waals surface area contributed by atoms with E-state index in [-0.39, 0.29) is 11.3 Å². The molecule has 1 rings (SSSR count). The van der Waals surface area contributed by atoms with Crippen LogP contribution < -0.4 is 16.0 Å². The lowest BCUT2D eigenvalue weighted by molar-refractivity contribution is 0.0958. The lowest BCUT2D eigenvalue weighted by atomic mass is 9.93. The van der Waals surface area contributed by atoms with Gasteiger partial charge in [0.1, 0.15) is 5.69 Å². The van der Waals surface area contributed by atoms with Crippen LogP contribution in [0.25, 0.3) is 0 Å². The van der Waals surface area contributed by atoms with Crippen LogP contribution in [-0.2, 0) is 0 Å². The molecule has 1 heterocycles. The molecule has 5 heteroatoms. The van der Waals surface area contributed by atoms with E-state index in [0.29, 0.717) is 12.2 Å². The fourth-order valence-corrected chi connectivity index (χ4v) is 1.71. The van der Waals surface area contributed by atoms with Gasteiger partial charge in [-0.05, 0) is 24.1 Å². The van der Waals surface area contributed by atoms with Gasteiger partial charge >= 0.3 is 0 Å². The van der Waals surface area contributed by atoms with E-state index in [1.54, 1.807) is 19.3 Å². The number of amides is 1. The molecule has 100 valence electrons. The quantitative estimate of drug-likeness (QED) is 0.813. The molecule has 18 heavy (non-hydrogen) atoms. The number of anilines is 1. The lowest BCUT2D eigenvalue weighted by Crippen LogP contribution is -2.36. The Labute approximate surface area is 108 Å². The van der Waals surface area contributed by atoms with E-state index in [1.807, 2.05) is 13.1 Å².